The molecule has 0 aromatic heterocycles. The van der Waals surface area contributed by atoms with Crippen LogP contribution in [0.25, 0.3) is 0 Å². The molecule has 0 saturated carbocycles. The minimum absolute atomic E-state index is 0.783. The van der Waals surface area contributed by atoms with Crippen molar-refractivity contribution in [3.8, 4) is 0 Å². The molecule has 0 radical (unpaired) electrons. The Morgan fingerprint density at radius 2 is 2.31 bits per heavy atom. The van der Waals surface area contributed by atoms with Crippen molar-refractivity contribution in [2.45, 2.75) is 4.90 Å². The van der Waals surface area contributed by atoms with Crippen LogP contribution in [0, 0.1) is 3.57 Å². The van der Waals surface area contributed by atoms with Gasteiger partial charge in [-0.15, -0.1) is 11.8 Å². The number of anilines is 1. The van der Waals surface area contributed by atoms with Gasteiger partial charge >= 0.3 is 0 Å². The fourth-order valence-corrected chi connectivity index (χ4v) is 2.71. The van der Waals surface area contributed by atoms with Gasteiger partial charge in [-0.2, -0.15) is 0 Å². The summed E-state index contributed by atoms with van der Waals surface area (Å²) >= 11 is 4.09. The Labute approximate surface area is 96.4 Å². The third kappa shape index (κ3) is 3.74. The minimum atomic E-state index is 0.783. The predicted octanol–water partition coefficient (Wildman–Crippen LogP) is 2.61. The number of methoxy groups -OCH3 is 1. The maximum atomic E-state index is 5.64. The normalized spacial score (nSPS) is 10.3. The number of ether oxygens (including phenoxy) is 1. The number of hydrogen-bond donors (Lipinski definition) is 1. The maximum absolute atomic E-state index is 5.64. The summed E-state index contributed by atoms with van der Waals surface area (Å²) in [6, 6.07) is 5.96. The Morgan fingerprint density at radius 3 is 2.92 bits per heavy atom. The van der Waals surface area contributed by atoms with E-state index in [1.807, 2.05) is 12.1 Å². The van der Waals surface area contributed by atoms with Crippen LogP contribution in [0.2, 0.25) is 0 Å². The first kappa shape index (κ1) is 11.1. The Bertz CT molecular complexity index is 280. The SMILES string of the molecule is COCCSc1ccc(N)cc1I. The largest absolute Gasteiger partial charge is 0.399 e. The lowest BCUT2D eigenvalue weighted by Gasteiger charge is -2.04. The van der Waals surface area contributed by atoms with E-state index in [2.05, 4.69) is 28.7 Å². The molecule has 2 N–H and O–H groups in total. The van der Waals surface area contributed by atoms with Crippen molar-refractivity contribution in [3.05, 3.63) is 21.8 Å². The third-order valence-corrected chi connectivity index (χ3v) is 3.80. The Hall–Kier alpha value is 0.0600. The number of hydrogen-bond acceptors (Lipinski definition) is 3. The van der Waals surface area contributed by atoms with Gasteiger partial charge in [-0.05, 0) is 40.8 Å². The van der Waals surface area contributed by atoms with Crippen molar-refractivity contribution in [1.82, 2.24) is 0 Å². The van der Waals surface area contributed by atoms with Gasteiger partial charge in [0.2, 0.25) is 0 Å². The highest BCUT2D eigenvalue weighted by molar-refractivity contribution is 14.1. The van der Waals surface area contributed by atoms with E-state index >= 15 is 0 Å². The van der Waals surface area contributed by atoms with Gasteiger partial charge in [0.05, 0.1) is 6.61 Å². The maximum Gasteiger partial charge on any atom is 0.0556 e. The molecule has 0 spiro atoms. The Kier molecular flexibility index (Phi) is 4.90. The van der Waals surface area contributed by atoms with E-state index in [9.17, 15) is 0 Å². The summed E-state index contributed by atoms with van der Waals surface area (Å²) in [4.78, 5) is 1.27. The standard InChI is InChI=1S/C9H12INOS/c1-12-4-5-13-9-3-2-7(11)6-8(9)10/h2-3,6H,4-5,11H2,1H3. The number of halogens is 1. The number of nitrogens with two attached hydrogens (primary N) is 1. The zero-order valence-electron chi connectivity index (χ0n) is 7.42. The molecule has 0 unspecified atom stereocenters. The van der Waals surface area contributed by atoms with Crippen LogP contribution in [0.3, 0.4) is 0 Å². The van der Waals surface area contributed by atoms with Gasteiger partial charge in [0.1, 0.15) is 0 Å². The van der Waals surface area contributed by atoms with Crippen molar-refractivity contribution >= 4 is 40.0 Å². The van der Waals surface area contributed by atoms with Crippen molar-refractivity contribution in [1.29, 1.82) is 0 Å². The predicted molar refractivity (Wildman–Crippen MR) is 66.2 cm³/mol. The first-order valence-corrected chi connectivity index (χ1v) is 5.97. The van der Waals surface area contributed by atoms with Crippen LogP contribution in [0.5, 0.6) is 0 Å². The quantitative estimate of drug-likeness (QED) is 0.402. The average molecular weight is 309 g/mol. The fraction of sp³-hybridized carbons (Fsp3) is 0.333. The molecule has 13 heavy (non-hydrogen) atoms. The molecule has 0 amide bonds. The first-order chi connectivity index (χ1) is 6.24. The molecule has 0 atom stereocenters. The van der Waals surface area contributed by atoms with E-state index < -0.39 is 0 Å². The summed E-state index contributed by atoms with van der Waals surface area (Å²) in [6.45, 7) is 0.783. The fourth-order valence-electron chi connectivity index (χ4n) is 0.869. The number of benzene rings is 1. The summed E-state index contributed by atoms with van der Waals surface area (Å²) in [5, 5.41) is 0. The van der Waals surface area contributed by atoms with Crippen molar-refractivity contribution in [2.24, 2.45) is 0 Å². The highest BCUT2D eigenvalue weighted by Gasteiger charge is 1.99. The molecule has 2 nitrogen and oxygen atoms in total. The summed E-state index contributed by atoms with van der Waals surface area (Å²) < 4.78 is 6.19. The molecule has 1 rings (SSSR count). The average Bonchev–Trinajstić information content (AvgIpc) is 2.09. The smallest absolute Gasteiger partial charge is 0.0556 e. The van der Waals surface area contributed by atoms with E-state index in [4.69, 9.17) is 10.5 Å². The zero-order chi connectivity index (χ0) is 9.68. The highest BCUT2D eigenvalue weighted by atomic mass is 127. The molecule has 72 valence electrons. The second kappa shape index (κ2) is 5.72. The van der Waals surface area contributed by atoms with Crippen LogP contribution in [-0.4, -0.2) is 19.5 Å². The van der Waals surface area contributed by atoms with E-state index in [-0.39, 0.29) is 0 Å². The lowest BCUT2D eigenvalue weighted by atomic mass is 10.3. The van der Waals surface area contributed by atoms with E-state index in [1.165, 1.54) is 8.47 Å². The highest BCUT2D eigenvalue weighted by Crippen LogP contribution is 2.25. The molecular formula is C9H12INOS. The molecule has 0 aliphatic heterocycles. The summed E-state index contributed by atoms with van der Waals surface area (Å²) in [5.41, 5.74) is 6.46. The number of thioether (sulfide) groups is 1. The van der Waals surface area contributed by atoms with Gasteiger partial charge in [0.25, 0.3) is 0 Å². The zero-order valence-corrected chi connectivity index (χ0v) is 10.4. The van der Waals surface area contributed by atoms with Gasteiger partial charge in [-0.3, -0.25) is 0 Å². The van der Waals surface area contributed by atoms with Gasteiger partial charge < -0.3 is 10.5 Å². The molecule has 0 bridgehead atoms. The van der Waals surface area contributed by atoms with Crippen LogP contribution in [0.15, 0.2) is 23.1 Å². The molecule has 4 heteroatoms. The van der Waals surface area contributed by atoms with Crippen LogP contribution < -0.4 is 5.73 Å². The van der Waals surface area contributed by atoms with Gasteiger partial charge in [0, 0.05) is 27.0 Å². The molecule has 1 aromatic rings. The van der Waals surface area contributed by atoms with E-state index in [0.717, 1.165) is 18.0 Å². The summed E-state index contributed by atoms with van der Waals surface area (Å²) in [6.07, 6.45) is 0. The second-order valence-corrected chi connectivity index (χ2v) is 4.83. The second-order valence-electron chi connectivity index (χ2n) is 2.53. The lowest BCUT2D eigenvalue weighted by Crippen LogP contribution is -1.93. The summed E-state index contributed by atoms with van der Waals surface area (Å²) in [7, 11) is 1.72. The molecule has 1 aromatic carbocycles. The molecule has 0 heterocycles. The molecule has 0 aliphatic carbocycles. The molecule has 0 fully saturated rings. The van der Waals surface area contributed by atoms with Crippen LogP contribution >= 0.6 is 34.4 Å². The van der Waals surface area contributed by atoms with Gasteiger partial charge in [0.15, 0.2) is 0 Å². The molecular weight excluding hydrogens is 297 g/mol. The summed E-state index contributed by atoms with van der Waals surface area (Å²) in [5.74, 6) is 0.983. The van der Waals surface area contributed by atoms with Gasteiger partial charge in [-0.1, -0.05) is 0 Å². The first-order valence-electron chi connectivity index (χ1n) is 3.91. The van der Waals surface area contributed by atoms with Gasteiger partial charge in [-0.25, -0.2) is 0 Å². The molecule has 0 saturated heterocycles. The topological polar surface area (TPSA) is 35.2 Å². The molecule has 0 aliphatic rings. The van der Waals surface area contributed by atoms with Crippen molar-refractivity contribution in [3.63, 3.8) is 0 Å². The Morgan fingerprint density at radius 1 is 1.54 bits per heavy atom. The van der Waals surface area contributed by atoms with Crippen LogP contribution in [0.1, 0.15) is 0 Å². The van der Waals surface area contributed by atoms with E-state index in [0.29, 0.717) is 0 Å². The minimum Gasteiger partial charge on any atom is -0.399 e. The van der Waals surface area contributed by atoms with Crippen molar-refractivity contribution in [2.75, 3.05) is 25.2 Å². The number of nitrogen functional groups attached to an aromatic ring is 1. The van der Waals surface area contributed by atoms with Crippen LogP contribution in [0.4, 0.5) is 5.69 Å². The monoisotopic (exact) mass is 309 g/mol. The van der Waals surface area contributed by atoms with E-state index in [1.54, 1.807) is 18.9 Å². The Balaban J connectivity index is 2.56. The third-order valence-electron chi connectivity index (χ3n) is 1.50. The van der Waals surface area contributed by atoms with Crippen LogP contribution in [-0.2, 0) is 4.74 Å². The lowest BCUT2D eigenvalue weighted by molar-refractivity contribution is 0.218. The number of rotatable bonds is 4. The van der Waals surface area contributed by atoms with Crippen molar-refractivity contribution < 1.29 is 4.74 Å².